The summed E-state index contributed by atoms with van der Waals surface area (Å²) in [6.45, 7) is 5.62. The van der Waals surface area contributed by atoms with Crippen molar-refractivity contribution in [2.24, 2.45) is 23.7 Å². The molecule has 6 heteroatoms. The van der Waals surface area contributed by atoms with Crippen LogP contribution in [0.25, 0.3) is 11.6 Å². The average Bonchev–Trinajstić information content (AvgIpc) is 3.39. The van der Waals surface area contributed by atoms with Crippen LogP contribution in [0.2, 0.25) is 0 Å². The number of amides is 2. The lowest BCUT2D eigenvalue weighted by molar-refractivity contribution is -0.135. The van der Waals surface area contributed by atoms with Crippen molar-refractivity contribution in [2.45, 2.75) is 31.1 Å². The van der Waals surface area contributed by atoms with Gasteiger partial charge in [-0.05, 0) is 77.8 Å². The van der Waals surface area contributed by atoms with E-state index in [0.717, 1.165) is 22.3 Å². The number of hydrogen-bond acceptors (Lipinski definition) is 5. The highest BCUT2D eigenvalue weighted by Crippen LogP contribution is 2.63. The van der Waals surface area contributed by atoms with Crippen LogP contribution in [-0.4, -0.2) is 28.5 Å². The Hall–Kier alpha value is -5.62. The molecule has 4 aliphatic rings. The first-order chi connectivity index (χ1) is 23.7. The fourth-order valence-electron chi connectivity index (χ4n) is 9.12. The third kappa shape index (κ3) is 4.47. The second kappa shape index (κ2) is 11.5. The number of ketones is 2. The van der Waals surface area contributed by atoms with Crippen molar-refractivity contribution in [3.05, 3.63) is 155 Å². The highest BCUT2D eigenvalue weighted by atomic mass is 16.3. The van der Waals surface area contributed by atoms with Gasteiger partial charge in [-0.25, -0.2) is 0 Å². The molecule has 0 bridgehead atoms. The summed E-state index contributed by atoms with van der Waals surface area (Å²) >= 11 is 0. The summed E-state index contributed by atoms with van der Waals surface area (Å²) in [5, 5.41) is 10.6. The summed E-state index contributed by atoms with van der Waals surface area (Å²) < 4.78 is 0. The molecule has 6 unspecified atom stereocenters. The number of nitrogens with zero attached hydrogens (tertiary/aromatic N) is 1. The van der Waals surface area contributed by atoms with Crippen molar-refractivity contribution in [2.75, 3.05) is 4.90 Å². The number of phenolic OH excluding ortho intramolecular Hbond substituents is 1. The van der Waals surface area contributed by atoms with Gasteiger partial charge in [-0.15, -0.1) is 0 Å². The van der Waals surface area contributed by atoms with Crippen molar-refractivity contribution >= 4 is 40.7 Å². The van der Waals surface area contributed by atoms with Crippen LogP contribution in [0, 0.1) is 30.6 Å². The molecule has 2 amide bonds. The first-order valence-electron chi connectivity index (χ1n) is 16.8. The Kier molecular flexibility index (Phi) is 7.21. The van der Waals surface area contributed by atoms with Gasteiger partial charge in [0.25, 0.3) is 0 Å². The third-order valence-electron chi connectivity index (χ3n) is 11.3. The van der Waals surface area contributed by atoms with Crippen molar-refractivity contribution < 1.29 is 24.3 Å². The monoisotopic (exact) mass is 645 g/mol. The van der Waals surface area contributed by atoms with E-state index in [1.54, 1.807) is 24.3 Å². The van der Waals surface area contributed by atoms with Gasteiger partial charge in [-0.1, -0.05) is 109 Å². The maximum atomic E-state index is 15.1. The van der Waals surface area contributed by atoms with E-state index in [0.29, 0.717) is 28.8 Å². The van der Waals surface area contributed by atoms with E-state index >= 15 is 4.79 Å². The minimum Gasteiger partial charge on any atom is -0.508 e. The smallest absolute Gasteiger partial charge is 0.238 e. The van der Waals surface area contributed by atoms with Crippen LogP contribution < -0.4 is 4.90 Å². The molecule has 0 aromatic heterocycles. The van der Waals surface area contributed by atoms with Gasteiger partial charge in [0.2, 0.25) is 11.8 Å². The molecule has 8 rings (SSSR count). The van der Waals surface area contributed by atoms with Crippen molar-refractivity contribution in [1.29, 1.82) is 0 Å². The van der Waals surface area contributed by atoms with Gasteiger partial charge in [0, 0.05) is 17.4 Å². The molecule has 4 aromatic rings. The number of rotatable bonds is 5. The molecule has 0 spiro atoms. The number of carbonyl (C=O) groups excluding carboxylic acids is 4. The Labute approximate surface area is 285 Å². The summed E-state index contributed by atoms with van der Waals surface area (Å²) in [6.07, 6.45) is 5.88. The fraction of sp³-hybridized carbons (Fsp3) is 0.209. The molecular formula is C43H35NO5. The Balaban J connectivity index is 1.35. The second-order valence-electron chi connectivity index (χ2n) is 13.6. The highest BCUT2D eigenvalue weighted by molar-refractivity contribution is 6.32. The minimum absolute atomic E-state index is 0.131. The molecule has 242 valence electrons. The zero-order valence-corrected chi connectivity index (χ0v) is 27.1. The summed E-state index contributed by atoms with van der Waals surface area (Å²) in [5.41, 5.74) is 4.17. The van der Waals surface area contributed by atoms with Gasteiger partial charge < -0.3 is 5.11 Å². The first-order valence-corrected chi connectivity index (χ1v) is 16.8. The number of phenols is 1. The number of fused-ring (bicyclic) bond motifs is 4. The van der Waals surface area contributed by atoms with Gasteiger partial charge in [0.1, 0.15) is 5.75 Å². The van der Waals surface area contributed by atoms with Gasteiger partial charge >= 0.3 is 0 Å². The standard InChI is InChI=1S/C43H35NO5/c1-3-26-14-17-30(18-15-26)44-41(48)32-20-19-31-34(38(32)42(44)49)23-35-40(47)33(27-10-6-4-7-11-27)24-37(46)43(35,29-12-8-5-9-13-29)39(31)28-16-21-36(45)25(2)22-28/h3-19,21-22,24,32,34-35,38-39,45H,1,20,23H2,2H3. The Bertz CT molecular complexity index is 2110. The summed E-state index contributed by atoms with van der Waals surface area (Å²) in [4.78, 5) is 59.9. The maximum absolute atomic E-state index is 15.1. The van der Waals surface area contributed by atoms with E-state index in [1.165, 1.54) is 11.0 Å². The Morgan fingerprint density at radius 3 is 2.20 bits per heavy atom. The molecular weight excluding hydrogens is 610 g/mol. The Morgan fingerprint density at radius 1 is 0.837 bits per heavy atom. The molecule has 3 aliphatic carbocycles. The molecule has 1 aliphatic heterocycles. The number of anilines is 1. The molecule has 1 saturated carbocycles. The quantitative estimate of drug-likeness (QED) is 0.181. The maximum Gasteiger partial charge on any atom is 0.238 e. The molecule has 1 saturated heterocycles. The minimum atomic E-state index is -1.30. The molecule has 6 nitrogen and oxygen atoms in total. The van der Waals surface area contributed by atoms with Crippen molar-refractivity contribution in [3.8, 4) is 5.75 Å². The second-order valence-corrected chi connectivity index (χ2v) is 13.6. The number of carbonyl (C=O) groups is 4. The largest absolute Gasteiger partial charge is 0.508 e. The van der Waals surface area contributed by atoms with Crippen molar-refractivity contribution in [1.82, 2.24) is 0 Å². The van der Waals surface area contributed by atoms with E-state index in [-0.39, 0.29) is 35.6 Å². The molecule has 0 radical (unpaired) electrons. The molecule has 1 heterocycles. The van der Waals surface area contributed by atoms with Crippen LogP contribution in [0.15, 0.2) is 127 Å². The van der Waals surface area contributed by atoms with E-state index in [4.69, 9.17) is 0 Å². The number of imide groups is 1. The van der Waals surface area contributed by atoms with Crippen LogP contribution >= 0.6 is 0 Å². The third-order valence-corrected chi connectivity index (χ3v) is 11.3. The molecule has 2 fully saturated rings. The van der Waals surface area contributed by atoms with Gasteiger partial charge in [0.05, 0.1) is 22.9 Å². The fourth-order valence-corrected chi connectivity index (χ4v) is 9.12. The SMILES string of the molecule is C=Cc1ccc(N2C(=O)C3CC=C4C(CC5C(=O)C(c6ccccc6)=CC(=O)C5(c5ccccc5)C4c4ccc(O)c(C)c4)C3C2=O)cc1. The van der Waals surface area contributed by atoms with Gasteiger partial charge in [-0.2, -0.15) is 0 Å². The Morgan fingerprint density at radius 2 is 1.53 bits per heavy atom. The van der Waals surface area contributed by atoms with Crippen LogP contribution in [0.5, 0.6) is 5.75 Å². The van der Waals surface area contributed by atoms with E-state index in [1.807, 2.05) is 91.9 Å². The van der Waals surface area contributed by atoms with E-state index in [9.17, 15) is 19.5 Å². The number of aromatic hydroxyl groups is 1. The first kappa shape index (κ1) is 30.7. The summed E-state index contributed by atoms with van der Waals surface area (Å²) in [6, 6.07) is 31.3. The normalized spacial score (nSPS) is 27.5. The number of aryl methyl sites for hydroxylation is 1. The number of allylic oxidation sites excluding steroid dienone is 4. The topological polar surface area (TPSA) is 91.8 Å². The van der Waals surface area contributed by atoms with Gasteiger partial charge in [0.15, 0.2) is 11.6 Å². The lowest BCUT2D eigenvalue weighted by Gasteiger charge is -2.55. The average molecular weight is 646 g/mol. The van der Waals surface area contributed by atoms with Crippen molar-refractivity contribution in [3.63, 3.8) is 0 Å². The number of hydrogen-bond donors (Lipinski definition) is 1. The van der Waals surface area contributed by atoms with Gasteiger partial charge in [-0.3, -0.25) is 24.1 Å². The predicted molar refractivity (Wildman–Crippen MR) is 188 cm³/mol. The molecule has 4 aromatic carbocycles. The lowest BCUT2D eigenvalue weighted by atomic mass is 9.44. The van der Waals surface area contributed by atoms with Crippen LogP contribution in [0.3, 0.4) is 0 Å². The zero-order chi connectivity index (χ0) is 34.0. The van der Waals surface area contributed by atoms with E-state index in [2.05, 4.69) is 12.7 Å². The van der Waals surface area contributed by atoms with Crippen LogP contribution in [0.4, 0.5) is 5.69 Å². The highest BCUT2D eigenvalue weighted by Gasteiger charge is 2.66. The lowest BCUT2D eigenvalue weighted by Crippen LogP contribution is -2.58. The van der Waals surface area contributed by atoms with Crippen LogP contribution in [-0.2, 0) is 24.6 Å². The number of benzene rings is 4. The molecule has 1 N–H and O–H groups in total. The van der Waals surface area contributed by atoms with E-state index < -0.39 is 35.0 Å². The molecule has 49 heavy (non-hydrogen) atoms. The predicted octanol–water partition coefficient (Wildman–Crippen LogP) is 7.37. The number of Topliss-reactive ketones (excluding diaryl/α,β-unsaturated/α-hetero) is 1. The summed E-state index contributed by atoms with van der Waals surface area (Å²) in [5.74, 6) is -3.86. The summed E-state index contributed by atoms with van der Waals surface area (Å²) in [7, 11) is 0. The zero-order valence-electron chi connectivity index (χ0n) is 27.1. The van der Waals surface area contributed by atoms with Crippen LogP contribution in [0.1, 0.15) is 46.6 Å². The molecule has 6 atom stereocenters.